The summed E-state index contributed by atoms with van der Waals surface area (Å²) in [7, 11) is 0. The molecule has 1 aromatic heterocycles. The Morgan fingerprint density at radius 2 is 2.31 bits per heavy atom. The van der Waals surface area contributed by atoms with E-state index in [-0.39, 0.29) is 6.01 Å². The van der Waals surface area contributed by atoms with Crippen molar-refractivity contribution in [2.75, 3.05) is 6.61 Å². The Morgan fingerprint density at radius 1 is 1.56 bits per heavy atom. The molecule has 0 radical (unpaired) electrons. The predicted molar refractivity (Wildman–Crippen MR) is 58.2 cm³/mol. The number of aromatic nitrogens is 2. The van der Waals surface area contributed by atoms with Crippen molar-refractivity contribution in [3.05, 3.63) is 29.8 Å². The summed E-state index contributed by atoms with van der Waals surface area (Å²) in [6, 6.07) is 0.212. The summed E-state index contributed by atoms with van der Waals surface area (Å²) >= 11 is 0. The molecule has 0 unspecified atom stereocenters. The Bertz CT molecular complexity index is 402. The van der Waals surface area contributed by atoms with Gasteiger partial charge in [-0.1, -0.05) is 6.08 Å². The molecule has 0 aliphatic rings. The molecule has 1 aromatic rings. The molecule has 0 aliphatic carbocycles. The topological polar surface area (TPSA) is 61.3 Å². The van der Waals surface area contributed by atoms with Crippen LogP contribution in [-0.4, -0.2) is 22.5 Å². The third-order valence-electron chi connectivity index (χ3n) is 1.76. The first-order valence-electron chi connectivity index (χ1n) is 4.97. The highest BCUT2D eigenvalue weighted by molar-refractivity contribution is 5.90. The first-order chi connectivity index (χ1) is 7.69. The largest absolute Gasteiger partial charge is 0.462 e. The molecule has 86 valence electrons. The number of hydrogen-bond acceptors (Lipinski definition) is 5. The van der Waals surface area contributed by atoms with Crippen molar-refractivity contribution in [3.8, 4) is 6.01 Å². The molecule has 0 fully saturated rings. The van der Waals surface area contributed by atoms with Gasteiger partial charge in [0.15, 0.2) is 0 Å². The third kappa shape index (κ3) is 3.05. The highest BCUT2D eigenvalue weighted by Crippen LogP contribution is 2.10. The van der Waals surface area contributed by atoms with Crippen molar-refractivity contribution >= 4 is 5.97 Å². The zero-order chi connectivity index (χ0) is 12.0. The summed E-state index contributed by atoms with van der Waals surface area (Å²) in [6.07, 6.45) is 4.59. The van der Waals surface area contributed by atoms with Gasteiger partial charge in [-0.2, -0.15) is 4.98 Å². The number of aryl methyl sites for hydroxylation is 1. The summed E-state index contributed by atoms with van der Waals surface area (Å²) in [6.45, 7) is 5.60. The van der Waals surface area contributed by atoms with Crippen molar-refractivity contribution in [3.63, 3.8) is 0 Å². The Labute approximate surface area is 94.1 Å². The number of rotatable bonds is 4. The standard InChI is InChI=1S/C11H14N2O3/c1-4-6-16-11-12-7-9(8(3)13-11)10(14)15-5-2/h4,6-7H,5H2,1-3H3. The normalized spacial score (nSPS) is 10.4. The second kappa shape index (κ2) is 5.85. The molecule has 16 heavy (non-hydrogen) atoms. The number of hydrogen-bond donors (Lipinski definition) is 0. The second-order valence-corrected chi connectivity index (χ2v) is 2.96. The molecule has 1 heterocycles. The number of allylic oxidation sites excluding steroid dienone is 1. The Balaban J connectivity index is 2.86. The molecule has 0 bridgehead atoms. The maximum Gasteiger partial charge on any atom is 0.341 e. The molecule has 0 N–H and O–H groups in total. The van der Waals surface area contributed by atoms with Crippen LogP contribution in [0.15, 0.2) is 18.5 Å². The van der Waals surface area contributed by atoms with Gasteiger partial charge in [0, 0.05) is 6.20 Å². The summed E-state index contributed by atoms with van der Waals surface area (Å²) in [5.74, 6) is -0.419. The van der Waals surface area contributed by atoms with E-state index in [1.165, 1.54) is 12.5 Å². The predicted octanol–water partition coefficient (Wildman–Crippen LogP) is 1.87. The van der Waals surface area contributed by atoms with Gasteiger partial charge in [-0.05, 0) is 20.8 Å². The van der Waals surface area contributed by atoms with Crippen LogP contribution in [-0.2, 0) is 4.74 Å². The summed E-state index contributed by atoms with van der Waals surface area (Å²) < 4.78 is 9.93. The van der Waals surface area contributed by atoms with E-state index in [1.807, 2.05) is 6.92 Å². The second-order valence-electron chi connectivity index (χ2n) is 2.96. The van der Waals surface area contributed by atoms with Crippen LogP contribution in [0.4, 0.5) is 0 Å². The van der Waals surface area contributed by atoms with Gasteiger partial charge in [0.05, 0.1) is 24.1 Å². The molecule has 0 saturated carbocycles. The number of nitrogens with zero attached hydrogens (tertiary/aromatic N) is 2. The van der Waals surface area contributed by atoms with Crippen LogP contribution in [0.2, 0.25) is 0 Å². The lowest BCUT2D eigenvalue weighted by Gasteiger charge is -2.05. The fourth-order valence-electron chi connectivity index (χ4n) is 1.04. The van der Waals surface area contributed by atoms with Gasteiger partial charge < -0.3 is 9.47 Å². The van der Waals surface area contributed by atoms with Gasteiger partial charge in [0.25, 0.3) is 0 Å². The fraction of sp³-hybridized carbons (Fsp3) is 0.364. The Kier molecular flexibility index (Phi) is 4.44. The molecule has 0 aliphatic heterocycles. The van der Waals surface area contributed by atoms with Crippen LogP contribution in [0, 0.1) is 6.92 Å². The van der Waals surface area contributed by atoms with Gasteiger partial charge in [-0.3, -0.25) is 0 Å². The van der Waals surface area contributed by atoms with Crippen molar-refractivity contribution < 1.29 is 14.3 Å². The van der Waals surface area contributed by atoms with E-state index in [4.69, 9.17) is 9.47 Å². The smallest absolute Gasteiger partial charge is 0.341 e. The van der Waals surface area contributed by atoms with E-state index in [0.29, 0.717) is 17.9 Å². The molecule has 0 amide bonds. The van der Waals surface area contributed by atoms with Gasteiger partial charge >= 0.3 is 12.0 Å². The summed E-state index contributed by atoms with van der Waals surface area (Å²) in [4.78, 5) is 19.4. The molecule has 0 saturated heterocycles. The minimum atomic E-state index is -0.419. The lowest BCUT2D eigenvalue weighted by Crippen LogP contribution is -2.09. The van der Waals surface area contributed by atoms with E-state index in [0.717, 1.165) is 0 Å². The number of carbonyl (C=O) groups excluding carboxylic acids is 1. The van der Waals surface area contributed by atoms with E-state index in [9.17, 15) is 4.79 Å². The SMILES string of the molecule is CC=COc1ncc(C(=O)OCC)c(C)n1. The minimum absolute atomic E-state index is 0.212. The number of esters is 1. The van der Waals surface area contributed by atoms with Crippen molar-refractivity contribution in [1.82, 2.24) is 9.97 Å². The van der Waals surface area contributed by atoms with Crippen molar-refractivity contribution in [1.29, 1.82) is 0 Å². The van der Waals surface area contributed by atoms with Gasteiger partial charge in [-0.15, -0.1) is 0 Å². The Morgan fingerprint density at radius 3 is 2.88 bits per heavy atom. The monoisotopic (exact) mass is 222 g/mol. The van der Waals surface area contributed by atoms with Gasteiger partial charge in [0.2, 0.25) is 0 Å². The Hall–Kier alpha value is -1.91. The van der Waals surface area contributed by atoms with Gasteiger partial charge in [-0.25, -0.2) is 9.78 Å². The lowest BCUT2D eigenvalue weighted by molar-refractivity contribution is 0.0524. The van der Waals surface area contributed by atoms with Crippen LogP contribution >= 0.6 is 0 Å². The molecule has 0 atom stereocenters. The number of ether oxygens (including phenoxy) is 2. The average Bonchev–Trinajstić information content (AvgIpc) is 2.26. The van der Waals surface area contributed by atoms with Crippen LogP contribution in [0.1, 0.15) is 29.9 Å². The quantitative estimate of drug-likeness (QED) is 0.575. The van der Waals surface area contributed by atoms with E-state index in [1.54, 1.807) is 19.9 Å². The third-order valence-corrected chi connectivity index (χ3v) is 1.76. The minimum Gasteiger partial charge on any atom is -0.462 e. The maximum absolute atomic E-state index is 11.4. The number of carbonyl (C=O) groups is 1. The van der Waals surface area contributed by atoms with Crippen molar-refractivity contribution in [2.45, 2.75) is 20.8 Å². The molecular weight excluding hydrogens is 208 g/mol. The van der Waals surface area contributed by atoms with Gasteiger partial charge in [0.1, 0.15) is 0 Å². The maximum atomic E-state index is 11.4. The fourth-order valence-corrected chi connectivity index (χ4v) is 1.04. The van der Waals surface area contributed by atoms with Crippen molar-refractivity contribution in [2.24, 2.45) is 0 Å². The molecule has 5 nitrogen and oxygen atoms in total. The zero-order valence-corrected chi connectivity index (χ0v) is 9.56. The molecule has 0 aromatic carbocycles. The molecule has 5 heteroatoms. The molecule has 0 spiro atoms. The van der Waals surface area contributed by atoms with E-state index >= 15 is 0 Å². The zero-order valence-electron chi connectivity index (χ0n) is 9.56. The van der Waals surface area contributed by atoms with Crippen LogP contribution in [0.5, 0.6) is 6.01 Å². The first-order valence-corrected chi connectivity index (χ1v) is 4.97. The van der Waals surface area contributed by atoms with E-state index in [2.05, 4.69) is 9.97 Å². The molecular formula is C11H14N2O3. The summed E-state index contributed by atoms with van der Waals surface area (Å²) in [5, 5.41) is 0. The highest BCUT2D eigenvalue weighted by atomic mass is 16.5. The van der Waals surface area contributed by atoms with Crippen LogP contribution < -0.4 is 4.74 Å². The highest BCUT2D eigenvalue weighted by Gasteiger charge is 2.12. The first kappa shape index (κ1) is 12.2. The van der Waals surface area contributed by atoms with Crippen LogP contribution in [0.3, 0.4) is 0 Å². The van der Waals surface area contributed by atoms with E-state index < -0.39 is 5.97 Å². The summed E-state index contributed by atoms with van der Waals surface area (Å²) in [5.41, 5.74) is 0.891. The lowest BCUT2D eigenvalue weighted by atomic mass is 10.2. The van der Waals surface area contributed by atoms with Crippen LogP contribution in [0.25, 0.3) is 0 Å². The average molecular weight is 222 g/mol. The molecule has 1 rings (SSSR count).